The highest BCUT2D eigenvalue weighted by atomic mass is 32.1. The largest absolute Gasteiger partial charge is 0.338 e. The van der Waals surface area contributed by atoms with Crippen molar-refractivity contribution in [3.63, 3.8) is 0 Å². The summed E-state index contributed by atoms with van der Waals surface area (Å²) >= 11 is 1.81. The molecule has 5 heteroatoms. The van der Waals surface area contributed by atoms with Gasteiger partial charge < -0.3 is 10.2 Å². The van der Waals surface area contributed by atoms with E-state index in [1.54, 1.807) is 0 Å². The van der Waals surface area contributed by atoms with Crippen molar-refractivity contribution in [3.05, 3.63) is 15.6 Å². The van der Waals surface area contributed by atoms with Crippen LogP contribution in [0.15, 0.2) is 0 Å². The fourth-order valence-corrected chi connectivity index (χ4v) is 4.17. The lowest BCUT2D eigenvalue weighted by atomic mass is 10.2. The van der Waals surface area contributed by atoms with Gasteiger partial charge in [0.25, 0.3) is 0 Å². The predicted octanol–water partition coefficient (Wildman–Crippen LogP) is 2.99. The molecule has 1 saturated heterocycles. The van der Waals surface area contributed by atoms with E-state index in [4.69, 9.17) is 0 Å². The first kappa shape index (κ1) is 15.0. The summed E-state index contributed by atoms with van der Waals surface area (Å²) in [4.78, 5) is 20.1. The molecule has 2 unspecified atom stereocenters. The van der Waals surface area contributed by atoms with Crippen LogP contribution in [0.1, 0.15) is 67.6 Å². The summed E-state index contributed by atoms with van der Waals surface area (Å²) in [6, 6.07) is 1.10. The molecule has 4 nitrogen and oxygen atoms in total. The zero-order valence-electron chi connectivity index (χ0n) is 13.3. The molecule has 0 aromatic carbocycles. The van der Waals surface area contributed by atoms with Gasteiger partial charge in [0.05, 0.1) is 10.7 Å². The Labute approximate surface area is 130 Å². The molecular weight excluding hydrogens is 282 g/mol. The van der Waals surface area contributed by atoms with Crippen molar-refractivity contribution in [1.29, 1.82) is 0 Å². The summed E-state index contributed by atoms with van der Waals surface area (Å²) in [6.07, 6.45) is 3.04. The molecule has 1 amide bonds. The van der Waals surface area contributed by atoms with E-state index in [9.17, 15) is 4.79 Å². The molecule has 1 aromatic rings. The number of carbonyl (C=O) groups excluding carboxylic acids is 1. The molecule has 116 valence electrons. The lowest BCUT2D eigenvalue weighted by molar-refractivity contribution is -0.128. The standard InChI is InChI=1S/C16H25N3OS/c1-9(2)16-18-11(4)15(21-16)10(3)17-12-7-14(20)19(8-12)13-5-6-13/h9-10,12-13,17H,5-8H2,1-4H3. The Morgan fingerprint density at radius 2 is 2.05 bits per heavy atom. The van der Waals surface area contributed by atoms with Gasteiger partial charge in [-0.25, -0.2) is 4.98 Å². The van der Waals surface area contributed by atoms with Crippen LogP contribution in [0.3, 0.4) is 0 Å². The molecule has 2 fully saturated rings. The number of aryl methyl sites for hydroxylation is 1. The van der Waals surface area contributed by atoms with Crippen LogP contribution in [0.4, 0.5) is 0 Å². The fraction of sp³-hybridized carbons (Fsp3) is 0.750. The minimum atomic E-state index is 0.270. The van der Waals surface area contributed by atoms with Crippen LogP contribution in [0.25, 0.3) is 0 Å². The quantitative estimate of drug-likeness (QED) is 0.909. The van der Waals surface area contributed by atoms with Crippen LogP contribution in [-0.2, 0) is 4.79 Å². The second kappa shape index (κ2) is 5.69. The Kier molecular flexibility index (Phi) is 4.06. The van der Waals surface area contributed by atoms with E-state index in [0.29, 0.717) is 24.3 Å². The van der Waals surface area contributed by atoms with Crippen molar-refractivity contribution in [2.45, 2.75) is 71.0 Å². The third-order valence-corrected chi connectivity index (χ3v) is 6.01. The Bertz CT molecular complexity index is 536. The van der Waals surface area contributed by atoms with Crippen molar-refractivity contribution in [2.75, 3.05) is 6.54 Å². The van der Waals surface area contributed by atoms with E-state index < -0.39 is 0 Å². The van der Waals surface area contributed by atoms with Crippen LogP contribution < -0.4 is 5.32 Å². The maximum atomic E-state index is 12.0. The molecular formula is C16H25N3OS. The lowest BCUT2D eigenvalue weighted by Crippen LogP contribution is -2.35. The molecule has 2 heterocycles. The summed E-state index contributed by atoms with van der Waals surface area (Å²) in [6.45, 7) is 9.52. The van der Waals surface area contributed by atoms with E-state index in [1.165, 1.54) is 22.7 Å². The molecule has 0 spiro atoms. The average Bonchev–Trinajstić information content (AvgIpc) is 3.08. The number of hydrogen-bond acceptors (Lipinski definition) is 4. The van der Waals surface area contributed by atoms with Gasteiger partial charge in [-0.1, -0.05) is 13.8 Å². The summed E-state index contributed by atoms with van der Waals surface area (Å²) in [5, 5.41) is 4.85. The molecule has 2 atom stereocenters. The van der Waals surface area contributed by atoms with Gasteiger partial charge in [0, 0.05) is 41.9 Å². The highest BCUT2D eigenvalue weighted by Gasteiger charge is 2.39. The number of thiazole rings is 1. The molecule has 1 aromatic heterocycles. The zero-order chi connectivity index (χ0) is 15.1. The molecule has 3 rings (SSSR count). The van der Waals surface area contributed by atoms with Crippen molar-refractivity contribution >= 4 is 17.2 Å². The van der Waals surface area contributed by atoms with Gasteiger partial charge in [-0.05, 0) is 26.7 Å². The number of hydrogen-bond donors (Lipinski definition) is 1. The van der Waals surface area contributed by atoms with Gasteiger partial charge in [0.1, 0.15) is 0 Å². The molecule has 1 aliphatic carbocycles. The minimum Gasteiger partial charge on any atom is -0.338 e. The SMILES string of the molecule is Cc1nc(C(C)C)sc1C(C)NC1CC(=O)N(C2CC2)C1. The molecule has 21 heavy (non-hydrogen) atoms. The smallest absolute Gasteiger partial charge is 0.224 e. The van der Waals surface area contributed by atoms with Gasteiger partial charge in [-0.15, -0.1) is 11.3 Å². The predicted molar refractivity (Wildman–Crippen MR) is 85.6 cm³/mol. The first-order chi connectivity index (χ1) is 9.95. The number of likely N-dealkylation sites (tertiary alicyclic amines) is 1. The summed E-state index contributed by atoms with van der Waals surface area (Å²) in [7, 11) is 0. The van der Waals surface area contributed by atoms with Crippen LogP contribution in [-0.4, -0.2) is 34.4 Å². The first-order valence-electron chi connectivity index (χ1n) is 7.98. The maximum Gasteiger partial charge on any atom is 0.224 e. The Balaban J connectivity index is 1.63. The van der Waals surface area contributed by atoms with Gasteiger partial charge >= 0.3 is 0 Å². The number of amides is 1. The van der Waals surface area contributed by atoms with E-state index in [-0.39, 0.29) is 12.1 Å². The molecule has 0 bridgehead atoms. The molecule has 1 aliphatic heterocycles. The molecule has 2 aliphatic rings. The van der Waals surface area contributed by atoms with Crippen LogP contribution in [0.2, 0.25) is 0 Å². The fourth-order valence-electron chi connectivity index (χ4n) is 3.09. The monoisotopic (exact) mass is 307 g/mol. The third-order valence-electron chi connectivity index (χ3n) is 4.37. The average molecular weight is 307 g/mol. The van der Waals surface area contributed by atoms with Crippen molar-refractivity contribution in [3.8, 4) is 0 Å². The molecule has 0 radical (unpaired) electrons. The topological polar surface area (TPSA) is 45.2 Å². The van der Waals surface area contributed by atoms with Gasteiger partial charge in [-0.2, -0.15) is 0 Å². The Morgan fingerprint density at radius 1 is 1.33 bits per heavy atom. The highest BCUT2D eigenvalue weighted by Crippen LogP contribution is 2.33. The summed E-state index contributed by atoms with van der Waals surface area (Å²) in [5.74, 6) is 0.805. The maximum absolute atomic E-state index is 12.0. The number of nitrogens with zero attached hydrogens (tertiary/aromatic N) is 2. The summed E-state index contributed by atoms with van der Waals surface area (Å²) in [5.41, 5.74) is 1.13. The van der Waals surface area contributed by atoms with Crippen LogP contribution in [0, 0.1) is 6.92 Å². The second-order valence-electron chi connectivity index (χ2n) is 6.72. The number of nitrogens with one attached hydrogen (secondary N) is 1. The second-order valence-corrected chi connectivity index (χ2v) is 7.79. The van der Waals surface area contributed by atoms with Crippen LogP contribution in [0.5, 0.6) is 0 Å². The van der Waals surface area contributed by atoms with E-state index in [2.05, 4.69) is 42.9 Å². The Hall–Kier alpha value is -0.940. The normalized spacial score (nSPS) is 24.1. The third kappa shape index (κ3) is 3.14. The van der Waals surface area contributed by atoms with Gasteiger partial charge in [0.2, 0.25) is 5.91 Å². The van der Waals surface area contributed by atoms with Gasteiger partial charge in [-0.3, -0.25) is 4.79 Å². The van der Waals surface area contributed by atoms with Crippen molar-refractivity contribution in [1.82, 2.24) is 15.2 Å². The van der Waals surface area contributed by atoms with Crippen molar-refractivity contribution in [2.24, 2.45) is 0 Å². The van der Waals surface area contributed by atoms with E-state index in [0.717, 1.165) is 12.2 Å². The highest BCUT2D eigenvalue weighted by molar-refractivity contribution is 7.11. The van der Waals surface area contributed by atoms with Crippen molar-refractivity contribution < 1.29 is 4.79 Å². The minimum absolute atomic E-state index is 0.270. The van der Waals surface area contributed by atoms with E-state index in [1.807, 2.05) is 11.3 Å². The molecule has 1 saturated carbocycles. The van der Waals surface area contributed by atoms with Crippen LogP contribution >= 0.6 is 11.3 Å². The van der Waals surface area contributed by atoms with E-state index >= 15 is 0 Å². The molecule has 1 N–H and O–H groups in total. The first-order valence-corrected chi connectivity index (χ1v) is 8.80. The summed E-state index contributed by atoms with van der Waals surface area (Å²) < 4.78 is 0. The number of carbonyl (C=O) groups is 1. The van der Waals surface area contributed by atoms with Gasteiger partial charge in [0.15, 0.2) is 0 Å². The zero-order valence-corrected chi connectivity index (χ0v) is 14.2. The Morgan fingerprint density at radius 3 is 2.62 bits per heavy atom. The number of rotatable bonds is 5. The number of aromatic nitrogens is 1. The lowest BCUT2D eigenvalue weighted by Gasteiger charge is -2.19.